The fraction of sp³-hybridized carbons (Fsp3) is 0.778. The number of hydrogen-bond donors (Lipinski definition) is 1. The van der Waals surface area contributed by atoms with E-state index in [-0.39, 0.29) is 12.2 Å². The largest absolute Gasteiger partial charge is 0.469 e. The standard InChI is InChI=1S/C9H16N2O4S/c1-15-9(12)5-8-16(13,14)11-7-4-2-3-6-10/h11H,2-5,7-8H2,1H3. The van der Waals surface area contributed by atoms with Gasteiger partial charge in [0.05, 0.1) is 25.4 Å². The SMILES string of the molecule is COC(=O)CCS(=O)(=O)NCCCCC#N. The van der Waals surface area contributed by atoms with E-state index in [0.29, 0.717) is 25.8 Å². The van der Waals surface area contributed by atoms with Crippen molar-refractivity contribution < 1.29 is 17.9 Å². The van der Waals surface area contributed by atoms with Gasteiger partial charge in [-0.05, 0) is 12.8 Å². The molecule has 0 rings (SSSR count). The third-order valence-corrected chi connectivity index (χ3v) is 3.23. The molecule has 16 heavy (non-hydrogen) atoms. The molecule has 92 valence electrons. The monoisotopic (exact) mass is 248 g/mol. The molecule has 0 saturated heterocycles. The van der Waals surface area contributed by atoms with E-state index in [4.69, 9.17) is 5.26 Å². The molecular formula is C9H16N2O4S. The molecule has 6 nitrogen and oxygen atoms in total. The van der Waals surface area contributed by atoms with E-state index in [2.05, 4.69) is 9.46 Å². The first kappa shape index (κ1) is 14.9. The van der Waals surface area contributed by atoms with Crippen LogP contribution in [0.15, 0.2) is 0 Å². The molecule has 0 amide bonds. The van der Waals surface area contributed by atoms with Gasteiger partial charge in [-0.15, -0.1) is 0 Å². The first-order valence-corrected chi connectivity index (χ1v) is 6.58. The molecule has 0 aromatic carbocycles. The summed E-state index contributed by atoms with van der Waals surface area (Å²) in [4.78, 5) is 10.7. The molecule has 0 heterocycles. The fourth-order valence-electron chi connectivity index (χ4n) is 0.949. The highest BCUT2D eigenvalue weighted by molar-refractivity contribution is 7.89. The van der Waals surface area contributed by atoms with E-state index in [0.717, 1.165) is 0 Å². The maximum absolute atomic E-state index is 11.3. The van der Waals surface area contributed by atoms with Gasteiger partial charge < -0.3 is 4.74 Å². The number of carbonyl (C=O) groups is 1. The number of nitrogens with zero attached hydrogens (tertiary/aromatic N) is 1. The molecule has 1 N–H and O–H groups in total. The molecule has 0 aromatic rings. The van der Waals surface area contributed by atoms with Crippen LogP contribution in [-0.2, 0) is 19.6 Å². The van der Waals surface area contributed by atoms with Crippen LogP contribution in [0.25, 0.3) is 0 Å². The van der Waals surface area contributed by atoms with E-state index in [1.54, 1.807) is 0 Å². The highest BCUT2D eigenvalue weighted by Gasteiger charge is 2.12. The Balaban J connectivity index is 3.72. The number of nitriles is 1. The predicted molar refractivity (Wildman–Crippen MR) is 57.9 cm³/mol. The van der Waals surface area contributed by atoms with Crippen molar-refractivity contribution in [2.45, 2.75) is 25.7 Å². The number of hydrogen-bond acceptors (Lipinski definition) is 5. The lowest BCUT2D eigenvalue weighted by atomic mass is 10.2. The molecule has 0 spiro atoms. The van der Waals surface area contributed by atoms with Gasteiger partial charge in [-0.3, -0.25) is 4.79 Å². The highest BCUT2D eigenvalue weighted by atomic mass is 32.2. The Kier molecular flexibility index (Phi) is 7.50. The van der Waals surface area contributed by atoms with Crippen LogP contribution in [0.2, 0.25) is 0 Å². The molecule has 0 aromatic heterocycles. The van der Waals surface area contributed by atoms with Gasteiger partial charge in [-0.1, -0.05) is 0 Å². The molecule has 0 radical (unpaired) electrons. The lowest BCUT2D eigenvalue weighted by Crippen LogP contribution is -2.28. The van der Waals surface area contributed by atoms with Crippen LogP contribution in [0.4, 0.5) is 0 Å². The van der Waals surface area contributed by atoms with Gasteiger partial charge in [0.2, 0.25) is 10.0 Å². The Morgan fingerprint density at radius 2 is 2.12 bits per heavy atom. The van der Waals surface area contributed by atoms with E-state index in [1.165, 1.54) is 7.11 Å². The van der Waals surface area contributed by atoms with Crippen molar-refractivity contribution in [3.63, 3.8) is 0 Å². The maximum atomic E-state index is 11.3. The summed E-state index contributed by atoms with van der Waals surface area (Å²) in [5, 5.41) is 8.26. The van der Waals surface area contributed by atoms with E-state index < -0.39 is 16.0 Å². The Hall–Kier alpha value is -1.13. The minimum absolute atomic E-state index is 0.149. The molecule has 0 atom stereocenters. The lowest BCUT2D eigenvalue weighted by Gasteiger charge is -2.05. The Labute approximate surface area is 95.6 Å². The number of methoxy groups -OCH3 is 1. The van der Waals surface area contributed by atoms with Gasteiger partial charge in [0.1, 0.15) is 0 Å². The van der Waals surface area contributed by atoms with Crippen LogP contribution in [0.3, 0.4) is 0 Å². The average Bonchev–Trinajstić information content (AvgIpc) is 2.25. The summed E-state index contributed by atoms with van der Waals surface area (Å²) in [5.41, 5.74) is 0. The molecule has 0 aliphatic heterocycles. The topological polar surface area (TPSA) is 96.3 Å². The van der Waals surface area contributed by atoms with Crippen LogP contribution in [0.5, 0.6) is 0 Å². The molecule has 0 fully saturated rings. The molecule has 7 heteroatoms. The van der Waals surface area contributed by atoms with Gasteiger partial charge in [-0.2, -0.15) is 5.26 Å². The Morgan fingerprint density at radius 1 is 1.44 bits per heavy atom. The number of ether oxygens (including phenoxy) is 1. The lowest BCUT2D eigenvalue weighted by molar-refractivity contribution is -0.140. The van der Waals surface area contributed by atoms with Crippen LogP contribution in [-0.4, -0.2) is 33.8 Å². The van der Waals surface area contributed by atoms with Crippen LogP contribution in [0.1, 0.15) is 25.7 Å². The number of rotatable bonds is 8. The summed E-state index contributed by atoms with van der Waals surface area (Å²) in [6.07, 6.45) is 1.55. The molecule has 0 aliphatic carbocycles. The van der Waals surface area contributed by atoms with Crippen molar-refractivity contribution in [2.24, 2.45) is 0 Å². The second-order valence-corrected chi connectivity index (χ2v) is 5.08. The van der Waals surface area contributed by atoms with Crippen molar-refractivity contribution in [3.05, 3.63) is 0 Å². The normalized spacial score (nSPS) is 10.8. The zero-order valence-electron chi connectivity index (χ0n) is 9.23. The summed E-state index contributed by atoms with van der Waals surface area (Å²) in [6.45, 7) is 0.297. The minimum Gasteiger partial charge on any atom is -0.469 e. The number of unbranched alkanes of at least 4 members (excludes halogenated alkanes) is 2. The van der Waals surface area contributed by atoms with Gasteiger partial charge in [0.15, 0.2) is 0 Å². The van der Waals surface area contributed by atoms with Crippen molar-refractivity contribution in [2.75, 3.05) is 19.4 Å². The van der Waals surface area contributed by atoms with Gasteiger partial charge in [-0.25, -0.2) is 13.1 Å². The zero-order valence-corrected chi connectivity index (χ0v) is 10.0. The number of esters is 1. The second-order valence-electron chi connectivity index (χ2n) is 3.15. The third-order valence-electron chi connectivity index (χ3n) is 1.84. The van der Waals surface area contributed by atoms with Crippen molar-refractivity contribution in [1.82, 2.24) is 4.72 Å². The Bertz CT molecular complexity index is 345. The third kappa shape index (κ3) is 8.20. The summed E-state index contributed by atoms with van der Waals surface area (Å²) >= 11 is 0. The molecule has 0 saturated carbocycles. The van der Waals surface area contributed by atoms with Crippen LogP contribution in [0, 0.1) is 11.3 Å². The highest BCUT2D eigenvalue weighted by Crippen LogP contribution is 1.95. The molecule has 0 unspecified atom stereocenters. The summed E-state index contributed by atoms with van der Waals surface area (Å²) in [7, 11) is -2.20. The Morgan fingerprint density at radius 3 is 2.69 bits per heavy atom. The first-order chi connectivity index (χ1) is 7.52. The van der Waals surface area contributed by atoms with Crippen molar-refractivity contribution in [3.8, 4) is 6.07 Å². The predicted octanol–water partition coefficient (Wildman–Crippen LogP) is 0.163. The smallest absolute Gasteiger partial charge is 0.306 e. The van der Waals surface area contributed by atoms with Gasteiger partial charge in [0, 0.05) is 13.0 Å². The number of nitrogens with one attached hydrogen (secondary N) is 1. The summed E-state index contributed by atoms with van der Waals surface area (Å²) in [6, 6.07) is 1.97. The molecular weight excluding hydrogens is 232 g/mol. The quantitative estimate of drug-likeness (QED) is 0.487. The molecule has 0 bridgehead atoms. The summed E-state index contributed by atoms with van der Waals surface area (Å²) in [5.74, 6) is -0.812. The first-order valence-electron chi connectivity index (χ1n) is 4.93. The zero-order chi connectivity index (χ0) is 12.4. The maximum Gasteiger partial charge on any atom is 0.306 e. The van der Waals surface area contributed by atoms with E-state index >= 15 is 0 Å². The van der Waals surface area contributed by atoms with Crippen LogP contribution < -0.4 is 4.72 Å². The van der Waals surface area contributed by atoms with E-state index in [9.17, 15) is 13.2 Å². The van der Waals surface area contributed by atoms with Gasteiger partial charge in [0.25, 0.3) is 0 Å². The fourth-order valence-corrected chi connectivity index (χ4v) is 1.98. The van der Waals surface area contributed by atoms with Crippen molar-refractivity contribution in [1.29, 1.82) is 5.26 Å². The van der Waals surface area contributed by atoms with Gasteiger partial charge >= 0.3 is 5.97 Å². The average molecular weight is 248 g/mol. The molecule has 0 aliphatic rings. The second kappa shape index (κ2) is 8.07. The summed E-state index contributed by atoms with van der Waals surface area (Å²) < 4.78 is 29.3. The van der Waals surface area contributed by atoms with Crippen LogP contribution >= 0.6 is 0 Å². The van der Waals surface area contributed by atoms with E-state index in [1.807, 2.05) is 6.07 Å². The minimum atomic E-state index is -3.41. The number of carbonyl (C=O) groups excluding carboxylic acids is 1. The van der Waals surface area contributed by atoms with Crippen molar-refractivity contribution >= 4 is 16.0 Å². The number of sulfonamides is 1.